The number of ether oxygens (including phenoxy) is 1. The van der Waals surface area contributed by atoms with Crippen LogP contribution in [0.2, 0.25) is 0 Å². The number of fused-ring (bicyclic) bond motifs is 1. The molecule has 3 rings (SSSR count). The van der Waals surface area contributed by atoms with Gasteiger partial charge >= 0.3 is 5.97 Å². The highest BCUT2D eigenvalue weighted by Gasteiger charge is 2.24. The van der Waals surface area contributed by atoms with Crippen LogP contribution >= 0.6 is 11.8 Å². The first-order valence-corrected chi connectivity index (χ1v) is 9.58. The highest BCUT2D eigenvalue weighted by Crippen LogP contribution is 2.37. The Morgan fingerprint density at radius 2 is 1.96 bits per heavy atom. The van der Waals surface area contributed by atoms with E-state index >= 15 is 0 Å². The minimum absolute atomic E-state index is 0.273. The molecule has 1 amide bonds. The topological polar surface area (TPSA) is 46.6 Å². The van der Waals surface area contributed by atoms with Gasteiger partial charge in [-0.1, -0.05) is 37.3 Å². The van der Waals surface area contributed by atoms with Gasteiger partial charge in [-0.3, -0.25) is 4.79 Å². The molecule has 1 atom stereocenters. The molecule has 27 heavy (non-hydrogen) atoms. The molecule has 0 bridgehead atoms. The minimum Gasteiger partial charge on any atom is -0.452 e. The van der Waals surface area contributed by atoms with Crippen molar-refractivity contribution in [2.75, 3.05) is 18.1 Å². The summed E-state index contributed by atoms with van der Waals surface area (Å²) in [5.41, 5.74) is 1.13. The van der Waals surface area contributed by atoms with Crippen LogP contribution in [0.1, 0.15) is 18.9 Å². The van der Waals surface area contributed by atoms with Crippen LogP contribution < -0.4 is 4.90 Å². The Morgan fingerprint density at radius 3 is 2.78 bits per heavy atom. The molecule has 0 spiro atoms. The molecule has 0 saturated heterocycles. The van der Waals surface area contributed by atoms with E-state index in [-0.39, 0.29) is 18.1 Å². The van der Waals surface area contributed by atoms with Gasteiger partial charge in [-0.2, -0.15) is 0 Å². The van der Waals surface area contributed by atoms with Crippen LogP contribution in [-0.2, 0) is 14.3 Å². The molecule has 0 saturated carbocycles. The third-order valence-electron chi connectivity index (χ3n) is 4.19. The maximum absolute atomic E-state index is 13.5. The summed E-state index contributed by atoms with van der Waals surface area (Å²) >= 11 is 1.74. The van der Waals surface area contributed by atoms with E-state index in [0.29, 0.717) is 11.8 Å². The molecule has 0 fully saturated rings. The average Bonchev–Trinajstić information content (AvgIpc) is 2.83. The molecule has 2 aromatic rings. The van der Waals surface area contributed by atoms with Crippen LogP contribution in [0, 0.1) is 5.82 Å². The fourth-order valence-corrected chi connectivity index (χ4v) is 3.89. The Labute approximate surface area is 162 Å². The Balaban J connectivity index is 1.62. The Morgan fingerprint density at radius 1 is 1.22 bits per heavy atom. The molecule has 0 aliphatic carbocycles. The van der Waals surface area contributed by atoms with E-state index in [2.05, 4.69) is 6.92 Å². The van der Waals surface area contributed by atoms with E-state index < -0.39 is 11.8 Å². The zero-order valence-electron chi connectivity index (χ0n) is 14.9. The third kappa shape index (κ3) is 4.98. The van der Waals surface area contributed by atoms with E-state index in [0.717, 1.165) is 23.1 Å². The molecule has 140 valence electrons. The van der Waals surface area contributed by atoms with E-state index in [1.807, 2.05) is 24.3 Å². The van der Waals surface area contributed by atoms with Crippen molar-refractivity contribution in [1.82, 2.24) is 0 Å². The number of amides is 1. The van der Waals surface area contributed by atoms with Gasteiger partial charge in [0.25, 0.3) is 5.91 Å². The summed E-state index contributed by atoms with van der Waals surface area (Å²) in [6, 6.07) is 13.8. The molecule has 0 N–H and O–H groups in total. The number of thioether (sulfide) groups is 1. The summed E-state index contributed by atoms with van der Waals surface area (Å²) < 4.78 is 18.6. The molecule has 2 aromatic carbocycles. The molecule has 1 heterocycles. The quantitative estimate of drug-likeness (QED) is 0.582. The monoisotopic (exact) mass is 385 g/mol. The van der Waals surface area contributed by atoms with Crippen LogP contribution in [0.25, 0.3) is 6.08 Å². The van der Waals surface area contributed by atoms with E-state index in [9.17, 15) is 14.0 Å². The number of benzene rings is 2. The standard InChI is InChI=1S/C21H20FNO3S/c1-15-12-13-23(18-8-4-5-9-19(18)27-15)20(24)14-26-21(25)11-10-16-6-2-3-7-17(16)22/h2-11,15H,12-14H2,1H3/b11-10+/t15-/m0/s1. The predicted molar refractivity (Wildman–Crippen MR) is 105 cm³/mol. The van der Waals surface area contributed by atoms with E-state index in [4.69, 9.17) is 4.74 Å². The second kappa shape index (κ2) is 8.86. The summed E-state index contributed by atoms with van der Waals surface area (Å²) in [7, 11) is 0. The fraction of sp³-hybridized carbons (Fsp3) is 0.238. The SMILES string of the molecule is C[C@H]1CCN(C(=O)COC(=O)/C=C/c2ccccc2F)c2ccccc2S1. The first-order valence-electron chi connectivity index (χ1n) is 8.70. The lowest BCUT2D eigenvalue weighted by atomic mass is 10.2. The van der Waals surface area contributed by atoms with Gasteiger partial charge in [0.1, 0.15) is 5.82 Å². The number of rotatable bonds is 4. The number of carbonyl (C=O) groups excluding carboxylic acids is 2. The predicted octanol–water partition coefficient (Wildman–Crippen LogP) is 4.30. The van der Waals surface area contributed by atoms with Gasteiger partial charge < -0.3 is 9.64 Å². The average molecular weight is 385 g/mol. The van der Waals surface area contributed by atoms with Gasteiger partial charge in [-0.05, 0) is 30.7 Å². The number of hydrogen-bond acceptors (Lipinski definition) is 4. The maximum Gasteiger partial charge on any atom is 0.331 e. The number of carbonyl (C=O) groups is 2. The van der Waals surface area contributed by atoms with Crippen molar-refractivity contribution < 1.29 is 18.7 Å². The first-order chi connectivity index (χ1) is 13.0. The molecule has 0 unspecified atom stereocenters. The lowest BCUT2D eigenvalue weighted by molar-refractivity contribution is -0.142. The Kier molecular flexibility index (Phi) is 6.29. The highest BCUT2D eigenvalue weighted by atomic mass is 32.2. The van der Waals surface area contributed by atoms with Crippen molar-refractivity contribution in [3.63, 3.8) is 0 Å². The molecular weight excluding hydrogens is 365 g/mol. The molecular formula is C21H20FNO3S. The number of esters is 1. The summed E-state index contributed by atoms with van der Waals surface area (Å²) in [5, 5.41) is 0.398. The Hall–Kier alpha value is -2.60. The van der Waals surface area contributed by atoms with Gasteiger partial charge in [0.2, 0.25) is 0 Å². The lowest BCUT2D eigenvalue weighted by Gasteiger charge is -2.22. The zero-order chi connectivity index (χ0) is 19.2. The largest absolute Gasteiger partial charge is 0.452 e. The number of para-hydroxylation sites is 1. The molecule has 1 aliphatic rings. The lowest BCUT2D eigenvalue weighted by Crippen LogP contribution is -2.35. The van der Waals surface area contributed by atoms with Crippen molar-refractivity contribution in [3.05, 3.63) is 66.0 Å². The van der Waals surface area contributed by atoms with Gasteiger partial charge in [0.15, 0.2) is 6.61 Å². The van der Waals surface area contributed by atoms with Crippen molar-refractivity contribution in [2.24, 2.45) is 0 Å². The second-order valence-corrected chi connectivity index (χ2v) is 7.67. The first kappa shape index (κ1) is 19.2. The molecule has 6 heteroatoms. The van der Waals surface area contributed by atoms with Crippen LogP contribution in [0.15, 0.2) is 59.5 Å². The highest BCUT2D eigenvalue weighted by molar-refractivity contribution is 8.00. The van der Waals surface area contributed by atoms with Crippen LogP contribution in [0.4, 0.5) is 10.1 Å². The Bertz CT molecular complexity index is 868. The summed E-state index contributed by atoms with van der Waals surface area (Å²) in [4.78, 5) is 27.2. The van der Waals surface area contributed by atoms with Gasteiger partial charge in [0.05, 0.1) is 5.69 Å². The molecule has 0 aromatic heterocycles. The summed E-state index contributed by atoms with van der Waals surface area (Å²) in [5.74, 6) is -1.38. The number of hydrogen-bond donors (Lipinski definition) is 0. The summed E-state index contributed by atoms with van der Waals surface area (Å²) in [6.07, 6.45) is 3.31. The van der Waals surface area contributed by atoms with Crippen molar-refractivity contribution in [2.45, 2.75) is 23.5 Å². The van der Waals surface area contributed by atoms with Crippen molar-refractivity contribution in [3.8, 4) is 0 Å². The molecule has 0 radical (unpaired) electrons. The minimum atomic E-state index is -0.683. The van der Waals surface area contributed by atoms with Crippen LogP contribution in [0.5, 0.6) is 0 Å². The maximum atomic E-state index is 13.5. The summed E-state index contributed by atoms with van der Waals surface area (Å²) in [6.45, 7) is 2.35. The van der Waals surface area contributed by atoms with Crippen LogP contribution in [0.3, 0.4) is 0 Å². The number of halogens is 1. The third-order valence-corrected chi connectivity index (χ3v) is 5.42. The fourth-order valence-electron chi connectivity index (χ4n) is 2.77. The van der Waals surface area contributed by atoms with Crippen molar-refractivity contribution >= 4 is 35.4 Å². The zero-order valence-corrected chi connectivity index (χ0v) is 15.7. The van der Waals surface area contributed by atoms with Gasteiger partial charge in [-0.25, -0.2) is 9.18 Å². The number of anilines is 1. The molecule has 4 nitrogen and oxygen atoms in total. The van der Waals surface area contributed by atoms with Gasteiger partial charge in [-0.15, -0.1) is 11.8 Å². The van der Waals surface area contributed by atoms with Crippen LogP contribution in [-0.4, -0.2) is 30.3 Å². The second-order valence-electron chi connectivity index (χ2n) is 6.19. The number of nitrogens with zero attached hydrogens (tertiary/aromatic N) is 1. The van der Waals surface area contributed by atoms with Crippen molar-refractivity contribution in [1.29, 1.82) is 0 Å². The van der Waals surface area contributed by atoms with E-state index in [1.54, 1.807) is 34.9 Å². The van der Waals surface area contributed by atoms with E-state index in [1.165, 1.54) is 12.1 Å². The normalized spacial score (nSPS) is 16.7. The molecule has 1 aliphatic heterocycles. The van der Waals surface area contributed by atoms with Gasteiger partial charge in [0, 0.05) is 28.3 Å². The smallest absolute Gasteiger partial charge is 0.331 e.